The lowest BCUT2D eigenvalue weighted by Crippen LogP contribution is -2.37. The van der Waals surface area contributed by atoms with Crippen molar-refractivity contribution in [2.45, 2.75) is 38.1 Å². The zero-order valence-electron chi connectivity index (χ0n) is 11.9. The molecule has 0 spiro atoms. The van der Waals surface area contributed by atoms with Crippen molar-refractivity contribution in [1.29, 1.82) is 0 Å². The molecule has 0 bridgehead atoms. The second-order valence-corrected chi connectivity index (χ2v) is 5.91. The molecule has 0 amide bonds. The minimum Gasteiger partial charge on any atom is -0.370 e. The molecule has 0 saturated heterocycles. The van der Waals surface area contributed by atoms with Crippen molar-refractivity contribution >= 4 is 5.96 Å². The summed E-state index contributed by atoms with van der Waals surface area (Å²) in [6.45, 7) is 4.78. The molecular weight excluding hydrogens is 241 g/mol. The van der Waals surface area contributed by atoms with Crippen LogP contribution in [0, 0.1) is 5.82 Å². The number of halogens is 1. The van der Waals surface area contributed by atoms with E-state index in [0.29, 0.717) is 18.5 Å². The zero-order chi connectivity index (χ0) is 14.0. The highest BCUT2D eigenvalue weighted by atomic mass is 19.1. The van der Waals surface area contributed by atoms with Crippen LogP contribution in [0.15, 0.2) is 29.3 Å². The Morgan fingerprint density at radius 2 is 1.95 bits per heavy atom. The zero-order valence-corrected chi connectivity index (χ0v) is 11.9. The molecule has 1 fully saturated rings. The summed E-state index contributed by atoms with van der Waals surface area (Å²) in [5, 5.41) is 0. The number of hydrogen-bond donors (Lipinski definition) is 1. The number of nitrogens with two attached hydrogens (primary N) is 1. The van der Waals surface area contributed by atoms with Gasteiger partial charge in [0.15, 0.2) is 5.96 Å². The fourth-order valence-electron chi connectivity index (χ4n) is 2.03. The first-order chi connectivity index (χ1) is 8.90. The van der Waals surface area contributed by atoms with Crippen LogP contribution in [0.2, 0.25) is 0 Å². The third-order valence-corrected chi connectivity index (χ3v) is 3.72. The normalized spacial score (nSPS) is 16.5. The van der Waals surface area contributed by atoms with Crippen LogP contribution in [0.4, 0.5) is 4.39 Å². The molecule has 0 radical (unpaired) electrons. The van der Waals surface area contributed by atoms with E-state index < -0.39 is 0 Å². The van der Waals surface area contributed by atoms with Crippen molar-refractivity contribution < 1.29 is 4.39 Å². The molecule has 2 N–H and O–H groups in total. The summed E-state index contributed by atoms with van der Waals surface area (Å²) < 4.78 is 12.9. The smallest absolute Gasteiger partial charge is 0.191 e. The average molecular weight is 263 g/mol. The maximum Gasteiger partial charge on any atom is 0.191 e. The summed E-state index contributed by atoms with van der Waals surface area (Å²) in [7, 11) is 1.99. The summed E-state index contributed by atoms with van der Waals surface area (Å²) in [6, 6.07) is 7.16. The maximum atomic E-state index is 12.9. The molecule has 0 heterocycles. The minimum absolute atomic E-state index is 0.150. The molecule has 3 nitrogen and oxygen atoms in total. The summed E-state index contributed by atoms with van der Waals surface area (Å²) in [5.41, 5.74) is 6.90. The Labute approximate surface area is 114 Å². The Kier molecular flexibility index (Phi) is 3.78. The minimum atomic E-state index is -0.212. The predicted molar refractivity (Wildman–Crippen MR) is 76.7 cm³/mol. The lowest BCUT2D eigenvalue weighted by Gasteiger charge is -2.24. The largest absolute Gasteiger partial charge is 0.370 e. The molecule has 0 unspecified atom stereocenters. The molecule has 1 aliphatic carbocycles. The molecule has 0 aliphatic heterocycles. The highest BCUT2D eigenvalue weighted by Gasteiger charge is 2.28. The van der Waals surface area contributed by atoms with Crippen LogP contribution in [0.1, 0.15) is 32.3 Å². The first kappa shape index (κ1) is 13.8. The van der Waals surface area contributed by atoms with Crippen LogP contribution in [0.25, 0.3) is 0 Å². The molecule has 104 valence electrons. The van der Waals surface area contributed by atoms with Crippen LogP contribution in [0.3, 0.4) is 0 Å². The quantitative estimate of drug-likeness (QED) is 0.670. The van der Waals surface area contributed by atoms with Crippen LogP contribution >= 0.6 is 0 Å². The highest BCUT2D eigenvalue weighted by Crippen LogP contribution is 2.26. The number of nitrogens with zero attached hydrogens (tertiary/aromatic N) is 2. The summed E-state index contributed by atoms with van der Waals surface area (Å²) in [5.74, 6) is 0.383. The summed E-state index contributed by atoms with van der Waals surface area (Å²) in [4.78, 5) is 6.52. The fraction of sp³-hybridized carbons (Fsp3) is 0.533. The number of rotatable bonds is 4. The third kappa shape index (κ3) is 3.46. The number of aliphatic imine (C=N–C) groups is 1. The first-order valence-electron chi connectivity index (χ1n) is 6.69. The van der Waals surface area contributed by atoms with Gasteiger partial charge in [0.2, 0.25) is 0 Å². The first-order valence-corrected chi connectivity index (χ1v) is 6.69. The molecule has 0 atom stereocenters. The maximum absolute atomic E-state index is 12.9. The molecule has 1 aromatic carbocycles. The van der Waals surface area contributed by atoms with E-state index in [1.807, 2.05) is 24.1 Å². The number of guanidine groups is 1. The van der Waals surface area contributed by atoms with E-state index in [1.165, 1.54) is 25.0 Å². The average Bonchev–Trinajstić information content (AvgIpc) is 3.20. The predicted octanol–water partition coefficient (Wildman–Crippen LogP) is 2.51. The van der Waals surface area contributed by atoms with Crippen molar-refractivity contribution in [3.05, 3.63) is 35.6 Å². The lowest BCUT2D eigenvalue weighted by atomic mass is 9.85. The second kappa shape index (κ2) is 5.19. The van der Waals surface area contributed by atoms with E-state index in [-0.39, 0.29) is 11.2 Å². The van der Waals surface area contributed by atoms with Crippen LogP contribution in [-0.4, -0.2) is 30.5 Å². The Morgan fingerprint density at radius 3 is 2.47 bits per heavy atom. The molecule has 19 heavy (non-hydrogen) atoms. The van der Waals surface area contributed by atoms with Crippen LogP contribution in [0.5, 0.6) is 0 Å². The second-order valence-electron chi connectivity index (χ2n) is 5.91. The standard InChI is InChI=1S/C15H22FN3/c1-15(2,11-4-6-12(16)7-5-11)10-18-14(17)19(3)13-8-9-13/h4-7,13H,8-10H2,1-3H3,(H2,17,18). The van der Waals surface area contributed by atoms with E-state index in [1.54, 1.807) is 0 Å². The van der Waals surface area contributed by atoms with Gasteiger partial charge in [0.05, 0.1) is 6.54 Å². The van der Waals surface area contributed by atoms with Gasteiger partial charge in [-0.25, -0.2) is 4.39 Å². The van der Waals surface area contributed by atoms with Crippen molar-refractivity contribution in [3.63, 3.8) is 0 Å². The monoisotopic (exact) mass is 263 g/mol. The molecule has 1 aromatic rings. The number of benzene rings is 1. The van der Waals surface area contributed by atoms with Gasteiger partial charge in [-0.2, -0.15) is 0 Å². The molecule has 4 heteroatoms. The van der Waals surface area contributed by atoms with Gasteiger partial charge in [0.25, 0.3) is 0 Å². The van der Waals surface area contributed by atoms with Gasteiger partial charge in [0, 0.05) is 18.5 Å². The van der Waals surface area contributed by atoms with Gasteiger partial charge >= 0.3 is 0 Å². The van der Waals surface area contributed by atoms with Crippen molar-refractivity contribution in [2.24, 2.45) is 10.7 Å². The summed E-state index contributed by atoms with van der Waals surface area (Å²) >= 11 is 0. The van der Waals surface area contributed by atoms with Gasteiger partial charge in [0.1, 0.15) is 5.82 Å². The summed E-state index contributed by atoms with van der Waals surface area (Å²) in [6.07, 6.45) is 2.40. The lowest BCUT2D eigenvalue weighted by molar-refractivity contribution is 0.476. The van der Waals surface area contributed by atoms with E-state index in [4.69, 9.17) is 5.73 Å². The van der Waals surface area contributed by atoms with Gasteiger partial charge in [-0.1, -0.05) is 26.0 Å². The SMILES string of the molecule is CN(C(N)=NCC(C)(C)c1ccc(F)cc1)C1CC1. The van der Waals surface area contributed by atoms with Crippen molar-refractivity contribution in [2.75, 3.05) is 13.6 Å². The van der Waals surface area contributed by atoms with Crippen LogP contribution < -0.4 is 5.73 Å². The Balaban J connectivity index is 2.03. The van der Waals surface area contributed by atoms with Crippen LogP contribution in [-0.2, 0) is 5.41 Å². The van der Waals surface area contributed by atoms with E-state index in [2.05, 4.69) is 18.8 Å². The Bertz CT molecular complexity index is 461. The highest BCUT2D eigenvalue weighted by molar-refractivity contribution is 5.78. The molecule has 1 aliphatic rings. The van der Waals surface area contributed by atoms with E-state index >= 15 is 0 Å². The van der Waals surface area contributed by atoms with Gasteiger partial charge in [-0.15, -0.1) is 0 Å². The van der Waals surface area contributed by atoms with Gasteiger partial charge in [-0.05, 0) is 30.5 Å². The third-order valence-electron chi connectivity index (χ3n) is 3.72. The van der Waals surface area contributed by atoms with Gasteiger partial charge < -0.3 is 10.6 Å². The molecule has 2 rings (SSSR count). The molecular formula is C15H22FN3. The van der Waals surface area contributed by atoms with E-state index in [9.17, 15) is 4.39 Å². The topological polar surface area (TPSA) is 41.6 Å². The number of hydrogen-bond acceptors (Lipinski definition) is 1. The van der Waals surface area contributed by atoms with E-state index in [0.717, 1.165) is 5.56 Å². The van der Waals surface area contributed by atoms with Crippen molar-refractivity contribution in [1.82, 2.24) is 4.90 Å². The van der Waals surface area contributed by atoms with Gasteiger partial charge in [-0.3, -0.25) is 4.99 Å². The fourth-order valence-corrected chi connectivity index (χ4v) is 2.03. The Hall–Kier alpha value is -1.58. The molecule has 0 aromatic heterocycles. The van der Waals surface area contributed by atoms with Crippen molar-refractivity contribution in [3.8, 4) is 0 Å². The molecule has 1 saturated carbocycles. The Morgan fingerprint density at radius 1 is 1.37 bits per heavy atom.